The van der Waals surface area contributed by atoms with E-state index in [0.29, 0.717) is 10.8 Å². The van der Waals surface area contributed by atoms with E-state index >= 15 is 0 Å². The zero-order valence-electron chi connectivity index (χ0n) is 9.35. The zero-order valence-corrected chi connectivity index (χ0v) is 10.1. The smallest absolute Gasteiger partial charge is 0.237 e. The van der Waals surface area contributed by atoms with Crippen LogP contribution in [0, 0.1) is 6.92 Å². The summed E-state index contributed by atoms with van der Waals surface area (Å²) in [6.07, 6.45) is 3.32. The summed E-state index contributed by atoms with van der Waals surface area (Å²) >= 11 is 6.16. The van der Waals surface area contributed by atoms with Crippen molar-refractivity contribution in [3.63, 3.8) is 0 Å². The molecule has 17 heavy (non-hydrogen) atoms. The Morgan fingerprint density at radius 1 is 1.53 bits per heavy atom. The molecule has 1 amide bonds. The lowest BCUT2D eigenvalue weighted by Gasteiger charge is -2.07. The second-order valence-corrected chi connectivity index (χ2v) is 4.24. The number of nitrogens with two attached hydrogens (primary N) is 1. The van der Waals surface area contributed by atoms with E-state index in [1.807, 2.05) is 25.1 Å². The second kappa shape index (κ2) is 4.59. The Kier molecular flexibility index (Phi) is 3.15. The number of carbonyl (C=O) groups is 1. The highest BCUT2D eigenvalue weighted by atomic mass is 35.5. The predicted molar refractivity (Wildman–Crippen MR) is 66.6 cm³/mol. The number of amides is 1. The molecular weight excluding hydrogens is 238 g/mol. The van der Waals surface area contributed by atoms with Crippen LogP contribution in [0.4, 0.5) is 0 Å². The molecule has 1 aromatic carbocycles. The number of benzene rings is 1. The molecule has 0 saturated heterocycles. The van der Waals surface area contributed by atoms with E-state index in [9.17, 15) is 4.79 Å². The van der Waals surface area contributed by atoms with Crippen LogP contribution in [0.1, 0.15) is 5.56 Å². The topological polar surface area (TPSA) is 60.9 Å². The number of aryl methyl sites for hydroxylation is 1. The van der Waals surface area contributed by atoms with Gasteiger partial charge in [-0.25, -0.2) is 4.98 Å². The van der Waals surface area contributed by atoms with Gasteiger partial charge in [-0.3, -0.25) is 4.79 Å². The van der Waals surface area contributed by atoms with Gasteiger partial charge in [0.05, 0.1) is 5.02 Å². The average molecular weight is 250 g/mol. The van der Waals surface area contributed by atoms with Crippen molar-refractivity contribution in [3.8, 4) is 11.4 Å². The minimum absolute atomic E-state index is 0.0968. The summed E-state index contributed by atoms with van der Waals surface area (Å²) < 4.78 is 1.68. The molecule has 0 aliphatic carbocycles. The Hall–Kier alpha value is -1.81. The molecule has 0 spiro atoms. The monoisotopic (exact) mass is 249 g/mol. The van der Waals surface area contributed by atoms with Crippen molar-refractivity contribution in [1.29, 1.82) is 0 Å². The van der Waals surface area contributed by atoms with Gasteiger partial charge >= 0.3 is 0 Å². The van der Waals surface area contributed by atoms with Crippen molar-refractivity contribution in [3.05, 3.63) is 41.2 Å². The number of aromatic nitrogens is 2. The van der Waals surface area contributed by atoms with Gasteiger partial charge in [-0.15, -0.1) is 0 Å². The fourth-order valence-electron chi connectivity index (χ4n) is 1.65. The maximum absolute atomic E-state index is 10.9. The Morgan fingerprint density at radius 2 is 2.29 bits per heavy atom. The van der Waals surface area contributed by atoms with E-state index in [1.54, 1.807) is 17.0 Å². The summed E-state index contributed by atoms with van der Waals surface area (Å²) in [5.74, 6) is 0.237. The van der Waals surface area contributed by atoms with Crippen LogP contribution in [0.15, 0.2) is 30.6 Å². The molecular formula is C12H12ClN3O. The summed E-state index contributed by atoms with van der Waals surface area (Å²) in [6.45, 7) is 2.06. The van der Waals surface area contributed by atoms with Gasteiger partial charge < -0.3 is 10.3 Å². The number of hydrogen-bond donors (Lipinski definition) is 1. The third-order valence-electron chi connectivity index (χ3n) is 2.41. The van der Waals surface area contributed by atoms with E-state index in [1.165, 1.54) is 0 Å². The molecule has 0 bridgehead atoms. The van der Waals surface area contributed by atoms with Crippen LogP contribution < -0.4 is 5.73 Å². The summed E-state index contributed by atoms with van der Waals surface area (Å²) in [5, 5.41) is 0.613. The molecule has 5 heteroatoms. The van der Waals surface area contributed by atoms with Crippen molar-refractivity contribution >= 4 is 17.5 Å². The zero-order chi connectivity index (χ0) is 12.4. The summed E-state index contributed by atoms with van der Waals surface area (Å²) in [5.41, 5.74) is 7.04. The predicted octanol–water partition coefficient (Wildman–Crippen LogP) is 2.00. The molecule has 0 fully saturated rings. The minimum atomic E-state index is -0.410. The summed E-state index contributed by atoms with van der Waals surface area (Å²) in [4.78, 5) is 15.1. The highest BCUT2D eigenvalue weighted by molar-refractivity contribution is 6.33. The lowest BCUT2D eigenvalue weighted by atomic mass is 10.1. The van der Waals surface area contributed by atoms with E-state index in [2.05, 4.69) is 4.98 Å². The molecule has 0 aliphatic heterocycles. The molecule has 0 radical (unpaired) electrons. The van der Waals surface area contributed by atoms with E-state index < -0.39 is 5.91 Å². The van der Waals surface area contributed by atoms with Crippen molar-refractivity contribution in [2.45, 2.75) is 13.5 Å². The highest BCUT2D eigenvalue weighted by Gasteiger charge is 2.11. The SMILES string of the molecule is Cc1ccc(-c2nccn2CC(N)=O)c(Cl)c1. The van der Waals surface area contributed by atoms with Gasteiger partial charge in [0.15, 0.2) is 0 Å². The first kappa shape index (κ1) is 11.7. The van der Waals surface area contributed by atoms with Crippen LogP contribution >= 0.6 is 11.6 Å². The Morgan fingerprint density at radius 3 is 2.94 bits per heavy atom. The molecule has 1 aromatic heterocycles. The lowest BCUT2D eigenvalue weighted by Crippen LogP contribution is -2.18. The number of nitrogens with zero attached hydrogens (tertiary/aromatic N) is 2. The number of primary amides is 1. The molecule has 4 nitrogen and oxygen atoms in total. The maximum Gasteiger partial charge on any atom is 0.237 e. The van der Waals surface area contributed by atoms with Gasteiger partial charge in [-0.05, 0) is 24.6 Å². The third-order valence-corrected chi connectivity index (χ3v) is 2.72. The van der Waals surface area contributed by atoms with E-state index in [4.69, 9.17) is 17.3 Å². The van der Waals surface area contributed by atoms with Crippen molar-refractivity contribution in [2.75, 3.05) is 0 Å². The van der Waals surface area contributed by atoms with Crippen LogP contribution in [-0.2, 0) is 11.3 Å². The second-order valence-electron chi connectivity index (χ2n) is 3.83. The molecule has 2 N–H and O–H groups in total. The number of hydrogen-bond acceptors (Lipinski definition) is 2. The Bertz CT molecular complexity index is 563. The van der Waals surface area contributed by atoms with Gasteiger partial charge in [0.1, 0.15) is 12.4 Å². The number of halogens is 1. The Balaban J connectivity index is 2.46. The molecule has 0 atom stereocenters. The standard InChI is InChI=1S/C12H12ClN3O/c1-8-2-3-9(10(13)6-8)12-15-4-5-16(12)7-11(14)17/h2-6H,7H2,1H3,(H2,14,17). The molecule has 2 aromatic rings. The highest BCUT2D eigenvalue weighted by Crippen LogP contribution is 2.27. The number of rotatable bonds is 3. The molecule has 2 rings (SSSR count). The van der Waals surface area contributed by atoms with Gasteiger partial charge in [0.2, 0.25) is 5.91 Å². The van der Waals surface area contributed by atoms with E-state index in [-0.39, 0.29) is 6.54 Å². The first-order valence-corrected chi connectivity index (χ1v) is 5.51. The van der Waals surface area contributed by atoms with Gasteiger partial charge in [-0.1, -0.05) is 17.7 Å². The van der Waals surface area contributed by atoms with Crippen molar-refractivity contribution < 1.29 is 4.79 Å². The fraction of sp³-hybridized carbons (Fsp3) is 0.167. The number of imidazole rings is 1. The molecule has 0 aliphatic rings. The minimum Gasteiger partial charge on any atom is -0.368 e. The van der Waals surface area contributed by atoms with Gasteiger partial charge in [-0.2, -0.15) is 0 Å². The van der Waals surface area contributed by atoms with Crippen LogP contribution in [0.2, 0.25) is 5.02 Å². The summed E-state index contributed by atoms with van der Waals surface area (Å²) in [6, 6.07) is 5.70. The Labute approximate surface area is 104 Å². The first-order chi connectivity index (χ1) is 8.08. The van der Waals surface area contributed by atoms with Gasteiger partial charge in [0.25, 0.3) is 0 Å². The molecule has 0 unspecified atom stereocenters. The normalized spacial score (nSPS) is 10.5. The third kappa shape index (κ3) is 2.47. The average Bonchev–Trinajstić information content (AvgIpc) is 2.65. The maximum atomic E-state index is 10.9. The van der Waals surface area contributed by atoms with Crippen LogP contribution in [0.25, 0.3) is 11.4 Å². The van der Waals surface area contributed by atoms with Crippen molar-refractivity contribution in [2.24, 2.45) is 5.73 Å². The number of carbonyl (C=O) groups excluding carboxylic acids is 1. The molecule has 88 valence electrons. The van der Waals surface area contributed by atoms with Crippen LogP contribution in [0.5, 0.6) is 0 Å². The summed E-state index contributed by atoms with van der Waals surface area (Å²) in [7, 11) is 0. The molecule has 0 saturated carbocycles. The first-order valence-electron chi connectivity index (χ1n) is 5.14. The largest absolute Gasteiger partial charge is 0.368 e. The van der Waals surface area contributed by atoms with Crippen molar-refractivity contribution in [1.82, 2.24) is 9.55 Å². The van der Waals surface area contributed by atoms with Gasteiger partial charge in [0, 0.05) is 18.0 Å². The van der Waals surface area contributed by atoms with Crippen LogP contribution in [-0.4, -0.2) is 15.5 Å². The quantitative estimate of drug-likeness (QED) is 0.904. The van der Waals surface area contributed by atoms with E-state index in [0.717, 1.165) is 11.1 Å². The van der Waals surface area contributed by atoms with Crippen LogP contribution in [0.3, 0.4) is 0 Å². The lowest BCUT2D eigenvalue weighted by molar-refractivity contribution is -0.118. The molecule has 1 heterocycles. The fourth-order valence-corrected chi connectivity index (χ4v) is 1.97.